The molecule has 3 rings (SSSR count). The van der Waals surface area contributed by atoms with Crippen LogP contribution in [0.25, 0.3) is 0 Å². The van der Waals surface area contributed by atoms with Gasteiger partial charge in [0.05, 0.1) is 0 Å². The fourth-order valence-corrected chi connectivity index (χ4v) is 2.67. The predicted molar refractivity (Wildman–Crippen MR) is 104 cm³/mol. The number of aryl methyl sites for hydroxylation is 2. The highest BCUT2D eigenvalue weighted by molar-refractivity contribution is 5.48. The molecule has 0 bridgehead atoms. The van der Waals surface area contributed by atoms with E-state index in [1.165, 1.54) is 17.2 Å². The zero-order valence-electron chi connectivity index (χ0n) is 15.1. The molecule has 134 valence electrons. The lowest BCUT2D eigenvalue weighted by Crippen LogP contribution is -2.10. The predicted octanol–water partition coefficient (Wildman–Crippen LogP) is 4.50. The van der Waals surface area contributed by atoms with Crippen LogP contribution in [0.2, 0.25) is 0 Å². The molecule has 4 nitrogen and oxygen atoms in total. The van der Waals surface area contributed by atoms with Crippen LogP contribution in [0, 0.1) is 19.7 Å². The first-order valence-corrected chi connectivity index (χ1v) is 8.72. The molecule has 0 aliphatic carbocycles. The van der Waals surface area contributed by atoms with E-state index in [9.17, 15) is 4.39 Å². The largest absolute Gasteiger partial charge is 0.370 e. The van der Waals surface area contributed by atoms with Crippen molar-refractivity contribution >= 4 is 11.6 Å². The maximum absolute atomic E-state index is 13.7. The van der Waals surface area contributed by atoms with E-state index in [0.29, 0.717) is 30.9 Å². The third-order valence-corrected chi connectivity index (χ3v) is 4.09. The van der Waals surface area contributed by atoms with Crippen LogP contribution < -0.4 is 10.6 Å². The SMILES string of the molecule is Cc1ccc(CNc2cc(NCCc3ccccc3F)nc(C)n2)cc1. The number of nitrogens with zero attached hydrogens (tertiary/aromatic N) is 2. The number of hydrogen-bond donors (Lipinski definition) is 2. The van der Waals surface area contributed by atoms with Crippen molar-refractivity contribution in [3.05, 3.63) is 82.9 Å². The first-order chi connectivity index (χ1) is 12.6. The van der Waals surface area contributed by atoms with E-state index in [-0.39, 0.29) is 5.82 Å². The second-order valence-corrected chi connectivity index (χ2v) is 6.29. The van der Waals surface area contributed by atoms with Gasteiger partial charge >= 0.3 is 0 Å². The lowest BCUT2D eigenvalue weighted by atomic mass is 10.1. The molecule has 0 aliphatic rings. The molecule has 0 saturated heterocycles. The Morgan fingerprint density at radius 1 is 0.885 bits per heavy atom. The van der Waals surface area contributed by atoms with E-state index in [2.05, 4.69) is 51.8 Å². The first-order valence-electron chi connectivity index (χ1n) is 8.72. The number of aromatic nitrogens is 2. The molecule has 3 aromatic rings. The van der Waals surface area contributed by atoms with Crippen molar-refractivity contribution in [2.45, 2.75) is 26.8 Å². The van der Waals surface area contributed by atoms with Gasteiger partial charge in [-0.1, -0.05) is 48.0 Å². The Morgan fingerprint density at radius 2 is 1.58 bits per heavy atom. The van der Waals surface area contributed by atoms with Crippen molar-refractivity contribution in [1.82, 2.24) is 9.97 Å². The number of anilines is 2. The molecule has 0 radical (unpaired) electrons. The van der Waals surface area contributed by atoms with Crippen LogP contribution in [0.4, 0.5) is 16.0 Å². The number of benzene rings is 2. The molecule has 0 spiro atoms. The summed E-state index contributed by atoms with van der Waals surface area (Å²) in [5.41, 5.74) is 3.14. The minimum absolute atomic E-state index is 0.173. The van der Waals surface area contributed by atoms with Gasteiger partial charge < -0.3 is 10.6 Å². The summed E-state index contributed by atoms with van der Waals surface area (Å²) in [6.45, 7) is 5.24. The van der Waals surface area contributed by atoms with Crippen LogP contribution in [0.15, 0.2) is 54.6 Å². The molecule has 26 heavy (non-hydrogen) atoms. The molecule has 2 aromatic carbocycles. The van der Waals surface area contributed by atoms with Crippen LogP contribution in [-0.2, 0) is 13.0 Å². The zero-order valence-corrected chi connectivity index (χ0v) is 15.1. The molecule has 0 amide bonds. The Morgan fingerprint density at radius 3 is 2.31 bits per heavy atom. The van der Waals surface area contributed by atoms with Gasteiger partial charge in [-0.2, -0.15) is 0 Å². The van der Waals surface area contributed by atoms with Gasteiger partial charge in [-0.25, -0.2) is 14.4 Å². The first kappa shape index (κ1) is 17.9. The highest BCUT2D eigenvalue weighted by Crippen LogP contribution is 2.14. The third kappa shape index (κ3) is 5.02. The number of halogens is 1. The van der Waals surface area contributed by atoms with Gasteiger partial charge in [0.25, 0.3) is 0 Å². The van der Waals surface area contributed by atoms with E-state index in [0.717, 1.165) is 11.6 Å². The van der Waals surface area contributed by atoms with Crippen LogP contribution in [0.5, 0.6) is 0 Å². The fraction of sp³-hybridized carbons (Fsp3) is 0.238. The van der Waals surface area contributed by atoms with Crippen molar-refractivity contribution < 1.29 is 4.39 Å². The van der Waals surface area contributed by atoms with Crippen molar-refractivity contribution in [2.75, 3.05) is 17.2 Å². The van der Waals surface area contributed by atoms with Gasteiger partial charge in [-0.15, -0.1) is 0 Å². The number of nitrogens with one attached hydrogen (secondary N) is 2. The minimum atomic E-state index is -0.173. The lowest BCUT2D eigenvalue weighted by Gasteiger charge is -2.11. The van der Waals surface area contributed by atoms with Crippen molar-refractivity contribution in [3.8, 4) is 0 Å². The molecule has 0 fully saturated rings. The summed E-state index contributed by atoms with van der Waals surface area (Å²) in [6.07, 6.45) is 0.599. The monoisotopic (exact) mass is 350 g/mol. The molecule has 1 aromatic heterocycles. The number of hydrogen-bond acceptors (Lipinski definition) is 4. The van der Waals surface area contributed by atoms with Gasteiger partial charge in [0.15, 0.2) is 0 Å². The zero-order chi connectivity index (χ0) is 18.4. The summed E-state index contributed by atoms with van der Waals surface area (Å²) in [4.78, 5) is 8.82. The maximum Gasteiger partial charge on any atom is 0.132 e. The summed E-state index contributed by atoms with van der Waals surface area (Å²) in [7, 11) is 0. The normalized spacial score (nSPS) is 10.6. The van der Waals surface area contributed by atoms with E-state index in [1.807, 2.05) is 19.1 Å². The van der Waals surface area contributed by atoms with Crippen molar-refractivity contribution in [3.63, 3.8) is 0 Å². The van der Waals surface area contributed by atoms with E-state index < -0.39 is 0 Å². The molecule has 5 heteroatoms. The minimum Gasteiger partial charge on any atom is -0.370 e. The summed E-state index contributed by atoms with van der Waals surface area (Å²) in [5, 5.41) is 6.58. The molecule has 0 atom stereocenters. The summed E-state index contributed by atoms with van der Waals surface area (Å²) in [6, 6.07) is 17.1. The second-order valence-electron chi connectivity index (χ2n) is 6.29. The topological polar surface area (TPSA) is 49.8 Å². The standard InChI is InChI=1S/C21H23FN4/c1-15-7-9-17(10-8-15)14-24-21-13-20(25-16(2)26-21)23-12-11-18-5-3-4-6-19(18)22/h3-10,13H,11-12,14H2,1-2H3,(H2,23,24,25,26). The average molecular weight is 350 g/mol. The van der Waals surface area contributed by atoms with Crippen molar-refractivity contribution in [2.24, 2.45) is 0 Å². The number of rotatable bonds is 7. The lowest BCUT2D eigenvalue weighted by molar-refractivity contribution is 0.610. The van der Waals surface area contributed by atoms with Gasteiger partial charge in [0.1, 0.15) is 23.3 Å². The fourth-order valence-electron chi connectivity index (χ4n) is 2.67. The second kappa shape index (κ2) is 8.43. The molecular weight excluding hydrogens is 327 g/mol. The quantitative estimate of drug-likeness (QED) is 0.659. The van der Waals surface area contributed by atoms with Gasteiger partial charge in [-0.3, -0.25) is 0 Å². The van der Waals surface area contributed by atoms with Crippen LogP contribution in [0.3, 0.4) is 0 Å². The van der Waals surface area contributed by atoms with Crippen LogP contribution >= 0.6 is 0 Å². The Kier molecular flexibility index (Phi) is 5.79. The Labute approximate surface area is 153 Å². The molecule has 0 saturated carbocycles. The molecule has 1 heterocycles. The van der Waals surface area contributed by atoms with E-state index >= 15 is 0 Å². The van der Waals surface area contributed by atoms with E-state index in [1.54, 1.807) is 12.1 Å². The van der Waals surface area contributed by atoms with Gasteiger partial charge in [-0.05, 0) is 37.5 Å². The molecular formula is C21H23FN4. The Bertz CT molecular complexity index is 862. The summed E-state index contributed by atoms with van der Waals surface area (Å²) < 4.78 is 13.7. The molecule has 0 unspecified atom stereocenters. The van der Waals surface area contributed by atoms with Crippen LogP contribution in [-0.4, -0.2) is 16.5 Å². The van der Waals surface area contributed by atoms with E-state index in [4.69, 9.17) is 0 Å². The van der Waals surface area contributed by atoms with Gasteiger partial charge in [0, 0.05) is 19.2 Å². The molecule has 2 N–H and O–H groups in total. The van der Waals surface area contributed by atoms with Gasteiger partial charge in [0.2, 0.25) is 0 Å². The smallest absolute Gasteiger partial charge is 0.132 e. The molecule has 0 aliphatic heterocycles. The van der Waals surface area contributed by atoms with Crippen LogP contribution in [0.1, 0.15) is 22.5 Å². The average Bonchev–Trinajstić information content (AvgIpc) is 2.62. The summed E-state index contributed by atoms with van der Waals surface area (Å²) in [5.74, 6) is 2.02. The highest BCUT2D eigenvalue weighted by atomic mass is 19.1. The summed E-state index contributed by atoms with van der Waals surface area (Å²) >= 11 is 0. The third-order valence-electron chi connectivity index (χ3n) is 4.09. The van der Waals surface area contributed by atoms with Crippen molar-refractivity contribution in [1.29, 1.82) is 0 Å². The maximum atomic E-state index is 13.7. The Balaban J connectivity index is 1.58. The highest BCUT2D eigenvalue weighted by Gasteiger charge is 2.04. The Hall–Kier alpha value is -2.95.